The summed E-state index contributed by atoms with van der Waals surface area (Å²) in [6.45, 7) is 1.02. The molecule has 0 bridgehead atoms. The van der Waals surface area contributed by atoms with Crippen molar-refractivity contribution >= 4 is 27.4 Å². The van der Waals surface area contributed by atoms with E-state index in [9.17, 15) is 17.2 Å². The van der Waals surface area contributed by atoms with Gasteiger partial charge in [0.05, 0.1) is 10.7 Å². The van der Waals surface area contributed by atoms with Crippen molar-refractivity contribution in [3.63, 3.8) is 0 Å². The number of piperazine rings is 1. The van der Waals surface area contributed by atoms with Crippen LogP contribution in [0.3, 0.4) is 0 Å². The summed E-state index contributed by atoms with van der Waals surface area (Å²) in [6, 6.07) is 13.4. The lowest BCUT2D eigenvalue weighted by Crippen LogP contribution is -2.49. The van der Waals surface area contributed by atoms with Crippen LogP contribution in [0, 0.1) is 11.6 Å². The van der Waals surface area contributed by atoms with E-state index in [4.69, 9.17) is 11.6 Å². The van der Waals surface area contributed by atoms with Crippen molar-refractivity contribution in [2.45, 2.75) is 4.90 Å². The summed E-state index contributed by atoms with van der Waals surface area (Å²) in [5.74, 6) is -1.32. The second-order valence-electron chi connectivity index (χ2n) is 6.72. The fourth-order valence-electron chi connectivity index (χ4n) is 3.29. The molecule has 3 aromatic rings. The maximum absolute atomic E-state index is 14.0. The fraction of sp³-hybridized carbons (Fsp3) is 0.200. The first-order chi connectivity index (χ1) is 14.4. The second-order valence-corrected chi connectivity index (χ2v) is 9.04. The molecule has 156 valence electrons. The lowest BCUT2D eigenvalue weighted by Gasteiger charge is -2.34. The molecule has 1 aliphatic heterocycles. The molecule has 0 radical (unpaired) electrons. The molecule has 1 aliphatic rings. The summed E-state index contributed by atoms with van der Waals surface area (Å²) in [5, 5.41) is 9.04. The minimum absolute atomic E-state index is 0.146. The summed E-state index contributed by atoms with van der Waals surface area (Å²) in [4.78, 5) is 1.37. The maximum atomic E-state index is 14.0. The Morgan fingerprint density at radius 1 is 0.900 bits per heavy atom. The zero-order chi connectivity index (χ0) is 21.3. The first-order valence-corrected chi connectivity index (χ1v) is 11.0. The van der Waals surface area contributed by atoms with Crippen LogP contribution >= 0.6 is 11.6 Å². The van der Waals surface area contributed by atoms with E-state index in [2.05, 4.69) is 10.2 Å². The van der Waals surface area contributed by atoms with Crippen molar-refractivity contribution in [1.29, 1.82) is 0 Å². The van der Waals surface area contributed by atoms with Gasteiger partial charge < -0.3 is 4.90 Å². The van der Waals surface area contributed by atoms with Crippen molar-refractivity contribution in [2.24, 2.45) is 0 Å². The predicted molar refractivity (Wildman–Crippen MR) is 110 cm³/mol. The van der Waals surface area contributed by atoms with Crippen molar-refractivity contribution in [1.82, 2.24) is 14.5 Å². The number of sulfonamides is 1. The highest BCUT2D eigenvalue weighted by molar-refractivity contribution is 7.89. The van der Waals surface area contributed by atoms with E-state index in [-0.39, 0.29) is 13.1 Å². The van der Waals surface area contributed by atoms with Crippen LogP contribution < -0.4 is 4.90 Å². The second kappa shape index (κ2) is 8.25. The third-order valence-corrected chi connectivity index (χ3v) is 7.14. The van der Waals surface area contributed by atoms with Crippen molar-refractivity contribution in [3.05, 3.63) is 71.3 Å². The van der Waals surface area contributed by atoms with Crippen LogP contribution in [0.5, 0.6) is 0 Å². The number of anilines is 1. The quantitative estimate of drug-likeness (QED) is 0.607. The van der Waals surface area contributed by atoms with Crippen LogP contribution in [0.25, 0.3) is 11.3 Å². The number of hydrogen-bond donors (Lipinski definition) is 0. The molecule has 0 unspecified atom stereocenters. The fourth-order valence-corrected chi connectivity index (χ4v) is 4.99. The van der Waals surface area contributed by atoms with E-state index in [0.717, 1.165) is 17.7 Å². The van der Waals surface area contributed by atoms with Crippen LogP contribution in [0.4, 0.5) is 14.6 Å². The van der Waals surface area contributed by atoms with Gasteiger partial charge in [-0.15, -0.1) is 10.2 Å². The SMILES string of the molecule is O=S(=O)(c1ccc(F)cc1F)N1CCN(c2ccc(-c3ccccc3Cl)nn2)CC1. The maximum Gasteiger partial charge on any atom is 0.246 e. The largest absolute Gasteiger partial charge is 0.352 e. The molecule has 1 aromatic heterocycles. The van der Waals surface area contributed by atoms with Crippen molar-refractivity contribution < 1.29 is 17.2 Å². The lowest BCUT2D eigenvalue weighted by atomic mass is 10.1. The van der Waals surface area contributed by atoms with Crippen molar-refractivity contribution in [2.75, 3.05) is 31.1 Å². The monoisotopic (exact) mass is 450 g/mol. The van der Waals surface area contributed by atoms with Gasteiger partial charge in [-0.25, -0.2) is 17.2 Å². The summed E-state index contributed by atoms with van der Waals surface area (Å²) in [7, 11) is -4.05. The van der Waals surface area contributed by atoms with E-state index in [1.54, 1.807) is 18.2 Å². The zero-order valence-electron chi connectivity index (χ0n) is 15.7. The first-order valence-electron chi connectivity index (χ1n) is 9.15. The van der Waals surface area contributed by atoms with Gasteiger partial charge in [0.2, 0.25) is 10.0 Å². The molecule has 4 rings (SSSR count). The van der Waals surface area contributed by atoms with Crippen LogP contribution in [0.2, 0.25) is 5.02 Å². The molecule has 30 heavy (non-hydrogen) atoms. The van der Waals surface area contributed by atoms with E-state index in [1.807, 2.05) is 23.1 Å². The van der Waals surface area contributed by atoms with Gasteiger partial charge in [0.1, 0.15) is 16.5 Å². The number of rotatable bonds is 4. The number of aromatic nitrogens is 2. The molecular weight excluding hydrogens is 434 g/mol. The van der Waals surface area contributed by atoms with Gasteiger partial charge in [0.15, 0.2) is 5.82 Å². The molecule has 2 aromatic carbocycles. The van der Waals surface area contributed by atoms with Crippen molar-refractivity contribution in [3.8, 4) is 11.3 Å². The van der Waals surface area contributed by atoms with Gasteiger partial charge in [0, 0.05) is 37.8 Å². The highest BCUT2D eigenvalue weighted by Crippen LogP contribution is 2.27. The standard InChI is InChI=1S/C20H17ClF2N4O2S/c21-16-4-2-1-3-15(16)18-6-8-20(25-24-18)26-9-11-27(12-10-26)30(28,29)19-7-5-14(22)13-17(19)23/h1-8,13H,9-12H2. The van der Waals surface area contributed by atoms with Crippen LogP contribution in [0.15, 0.2) is 59.5 Å². The Balaban J connectivity index is 1.46. The number of halogens is 3. The Bertz CT molecular complexity index is 1170. The Labute approximate surface area is 177 Å². The molecule has 6 nitrogen and oxygen atoms in total. The van der Waals surface area contributed by atoms with E-state index < -0.39 is 26.6 Å². The third-order valence-electron chi connectivity index (χ3n) is 4.87. The average Bonchev–Trinajstić information content (AvgIpc) is 2.74. The van der Waals surface area contributed by atoms with Crippen LogP contribution in [-0.2, 0) is 10.0 Å². The molecule has 10 heteroatoms. The molecule has 0 spiro atoms. The number of nitrogens with zero attached hydrogens (tertiary/aromatic N) is 4. The molecule has 0 atom stereocenters. The first kappa shape index (κ1) is 20.6. The van der Waals surface area contributed by atoms with E-state index in [0.29, 0.717) is 35.7 Å². The van der Waals surface area contributed by atoms with Crippen LogP contribution in [0.1, 0.15) is 0 Å². The van der Waals surface area contributed by atoms with Gasteiger partial charge in [0.25, 0.3) is 0 Å². The topological polar surface area (TPSA) is 66.4 Å². The predicted octanol–water partition coefficient (Wildman–Crippen LogP) is 3.59. The highest BCUT2D eigenvalue weighted by atomic mass is 35.5. The molecule has 1 fully saturated rings. The van der Waals surface area contributed by atoms with Gasteiger partial charge in [-0.2, -0.15) is 4.31 Å². The van der Waals surface area contributed by atoms with E-state index in [1.165, 1.54) is 4.31 Å². The summed E-state index contributed by atoms with van der Waals surface area (Å²) in [5.41, 5.74) is 1.41. The molecular formula is C20H17ClF2N4O2S. The lowest BCUT2D eigenvalue weighted by molar-refractivity contribution is 0.381. The normalized spacial score (nSPS) is 15.4. The third kappa shape index (κ3) is 4.00. The highest BCUT2D eigenvalue weighted by Gasteiger charge is 2.31. The summed E-state index contributed by atoms with van der Waals surface area (Å²) >= 11 is 6.19. The number of benzene rings is 2. The van der Waals surface area contributed by atoms with Gasteiger partial charge in [-0.1, -0.05) is 29.8 Å². The average molecular weight is 451 g/mol. The summed E-state index contributed by atoms with van der Waals surface area (Å²) < 4.78 is 53.7. The minimum atomic E-state index is -4.05. The minimum Gasteiger partial charge on any atom is -0.352 e. The molecule has 0 N–H and O–H groups in total. The van der Waals surface area contributed by atoms with Gasteiger partial charge in [-0.3, -0.25) is 0 Å². The smallest absolute Gasteiger partial charge is 0.246 e. The molecule has 0 aliphatic carbocycles. The zero-order valence-corrected chi connectivity index (χ0v) is 17.2. The Hall–Kier alpha value is -2.62. The molecule has 1 saturated heterocycles. The van der Waals surface area contributed by atoms with E-state index >= 15 is 0 Å². The van der Waals surface area contributed by atoms with Gasteiger partial charge in [-0.05, 0) is 30.3 Å². The van der Waals surface area contributed by atoms with Crippen LogP contribution in [-0.4, -0.2) is 49.1 Å². The molecule has 0 saturated carbocycles. The Morgan fingerprint density at radius 3 is 2.27 bits per heavy atom. The molecule has 0 amide bonds. The summed E-state index contributed by atoms with van der Waals surface area (Å²) in [6.07, 6.45) is 0. The Morgan fingerprint density at radius 2 is 1.63 bits per heavy atom. The Kier molecular flexibility index (Phi) is 5.68. The number of hydrogen-bond acceptors (Lipinski definition) is 5. The van der Waals surface area contributed by atoms with Gasteiger partial charge >= 0.3 is 0 Å². The molecule has 2 heterocycles.